The zero-order valence-corrected chi connectivity index (χ0v) is 18.9. The van der Waals surface area contributed by atoms with Gasteiger partial charge >= 0.3 is 11.7 Å². The van der Waals surface area contributed by atoms with Gasteiger partial charge in [-0.05, 0) is 24.6 Å². The molecule has 3 aromatic rings. The molecule has 178 valence electrons. The Morgan fingerprint density at radius 2 is 1.82 bits per heavy atom. The second kappa shape index (κ2) is 10.5. The van der Waals surface area contributed by atoms with E-state index >= 15 is 0 Å². The predicted molar refractivity (Wildman–Crippen MR) is 129 cm³/mol. The molecule has 0 radical (unpaired) electrons. The first-order chi connectivity index (χ1) is 16.5. The van der Waals surface area contributed by atoms with Crippen molar-refractivity contribution in [2.45, 2.75) is 12.8 Å². The number of nitrogens with one attached hydrogen (secondary N) is 1. The van der Waals surface area contributed by atoms with Crippen molar-refractivity contribution in [3.63, 3.8) is 0 Å². The third-order valence-electron chi connectivity index (χ3n) is 6.13. The lowest BCUT2D eigenvalue weighted by Crippen LogP contribution is -2.43. The number of fused-ring (bicyclic) bond motifs is 1. The Hall–Kier alpha value is -3.69. The van der Waals surface area contributed by atoms with E-state index in [4.69, 9.17) is 14.9 Å². The van der Waals surface area contributed by atoms with Crippen LogP contribution in [-0.2, 0) is 4.74 Å². The summed E-state index contributed by atoms with van der Waals surface area (Å²) in [5.41, 5.74) is 8.76. The second-order valence-electron chi connectivity index (χ2n) is 8.29. The zero-order valence-electron chi connectivity index (χ0n) is 18.9. The number of primary amides is 1. The van der Waals surface area contributed by atoms with Crippen molar-refractivity contribution < 1.29 is 19.1 Å². The molecular weight excluding hydrogens is 436 g/mol. The van der Waals surface area contributed by atoms with Gasteiger partial charge in [0.05, 0.1) is 24.2 Å². The molecule has 4 N–H and O–H groups in total. The number of hydrazone groups is 1. The first kappa shape index (κ1) is 23.5. The first-order valence-corrected chi connectivity index (χ1v) is 11.1. The van der Waals surface area contributed by atoms with Gasteiger partial charge in [-0.15, -0.1) is 0 Å². The maximum Gasteiger partial charge on any atom is 0.343 e. The number of nitrogens with two attached hydrogens (primary N) is 1. The monoisotopic (exact) mass is 464 g/mol. The Bertz CT molecular complexity index is 1240. The summed E-state index contributed by atoms with van der Waals surface area (Å²) in [6.07, 6.45) is 0. The van der Waals surface area contributed by atoms with Crippen LogP contribution in [0.1, 0.15) is 24.0 Å². The van der Waals surface area contributed by atoms with Gasteiger partial charge in [-0.1, -0.05) is 42.5 Å². The number of urea groups is 1. The van der Waals surface area contributed by atoms with Crippen molar-refractivity contribution >= 4 is 22.7 Å². The second-order valence-corrected chi connectivity index (χ2v) is 8.29. The minimum absolute atomic E-state index is 0.122. The highest BCUT2D eigenvalue weighted by Crippen LogP contribution is 2.39. The molecule has 0 saturated carbocycles. The lowest BCUT2D eigenvalue weighted by atomic mass is 9.78. The summed E-state index contributed by atoms with van der Waals surface area (Å²) in [5, 5.41) is 15.9. The van der Waals surface area contributed by atoms with Crippen molar-refractivity contribution in [2.24, 2.45) is 16.8 Å². The molecule has 9 heteroatoms. The third kappa shape index (κ3) is 5.11. The van der Waals surface area contributed by atoms with Gasteiger partial charge in [0.2, 0.25) is 0 Å². The van der Waals surface area contributed by atoms with E-state index < -0.39 is 17.6 Å². The van der Waals surface area contributed by atoms with Gasteiger partial charge in [-0.25, -0.2) is 15.0 Å². The Kier molecular flexibility index (Phi) is 7.24. The minimum atomic E-state index is -0.784. The molecule has 2 unspecified atom stereocenters. The van der Waals surface area contributed by atoms with Crippen LogP contribution in [0.2, 0.25) is 0 Å². The van der Waals surface area contributed by atoms with Crippen LogP contribution >= 0.6 is 0 Å². The Balaban J connectivity index is 1.90. The van der Waals surface area contributed by atoms with Crippen LogP contribution in [0, 0.1) is 5.92 Å². The molecule has 1 aliphatic rings. The van der Waals surface area contributed by atoms with Crippen molar-refractivity contribution in [1.29, 1.82) is 0 Å². The summed E-state index contributed by atoms with van der Waals surface area (Å²) in [6, 6.07) is 15.5. The first-order valence-electron chi connectivity index (χ1n) is 11.1. The van der Waals surface area contributed by atoms with Gasteiger partial charge in [0.1, 0.15) is 11.3 Å². The molecule has 1 saturated heterocycles. The van der Waals surface area contributed by atoms with Crippen molar-refractivity contribution in [2.75, 3.05) is 32.8 Å². The fourth-order valence-electron chi connectivity index (χ4n) is 4.45. The Morgan fingerprint density at radius 1 is 1.15 bits per heavy atom. The van der Waals surface area contributed by atoms with Gasteiger partial charge in [0.15, 0.2) is 0 Å². The van der Waals surface area contributed by atoms with E-state index in [1.165, 1.54) is 0 Å². The van der Waals surface area contributed by atoms with Gasteiger partial charge in [-0.3, -0.25) is 4.90 Å². The number of hydrogen-bond donors (Lipinski definition) is 3. The summed E-state index contributed by atoms with van der Waals surface area (Å²) >= 11 is 0. The summed E-state index contributed by atoms with van der Waals surface area (Å²) in [5.74, 6) is -1.10. The predicted octanol–water partition coefficient (Wildman–Crippen LogP) is 2.62. The molecule has 1 aliphatic heterocycles. The van der Waals surface area contributed by atoms with E-state index in [1.807, 2.05) is 30.3 Å². The molecule has 2 atom stereocenters. The molecular formula is C25H28N4O5. The number of hydrogen-bond acceptors (Lipinski definition) is 7. The average Bonchev–Trinajstić information content (AvgIpc) is 2.85. The minimum Gasteiger partial charge on any atom is -0.507 e. The van der Waals surface area contributed by atoms with Gasteiger partial charge in [-0.2, -0.15) is 5.10 Å². The largest absolute Gasteiger partial charge is 0.507 e. The van der Waals surface area contributed by atoms with Gasteiger partial charge in [0.25, 0.3) is 0 Å². The van der Waals surface area contributed by atoms with E-state index in [9.17, 15) is 14.7 Å². The lowest BCUT2D eigenvalue weighted by molar-refractivity contribution is 0.0335. The highest BCUT2D eigenvalue weighted by molar-refractivity contribution is 5.89. The van der Waals surface area contributed by atoms with Gasteiger partial charge < -0.3 is 20.0 Å². The number of benzene rings is 2. The lowest BCUT2D eigenvalue weighted by Gasteiger charge is -2.34. The fraction of sp³-hybridized carbons (Fsp3) is 0.320. The van der Waals surface area contributed by atoms with Gasteiger partial charge in [0, 0.05) is 37.2 Å². The highest BCUT2D eigenvalue weighted by atomic mass is 16.5. The number of para-hydroxylation sites is 1. The third-order valence-corrected chi connectivity index (χ3v) is 6.13. The number of amides is 2. The number of rotatable bonds is 7. The molecule has 1 aromatic heterocycles. The number of nitrogens with zero attached hydrogens (tertiary/aromatic N) is 2. The molecule has 2 aromatic carbocycles. The molecule has 0 bridgehead atoms. The quantitative estimate of drug-likeness (QED) is 0.280. The molecule has 4 rings (SSSR count). The molecule has 0 spiro atoms. The zero-order chi connectivity index (χ0) is 24.1. The SMILES string of the molecule is C/C(=N\NC(N)=O)C(CN1CCOCC1)C(c1ccccc1)c1c(O)c2ccccc2oc1=O. The summed E-state index contributed by atoms with van der Waals surface area (Å²) in [7, 11) is 0. The highest BCUT2D eigenvalue weighted by Gasteiger charge is 2.35. The van der Waals surface area contributed by atoms with Crippen LogP contribution < -0.4 is 16.8 Å². The maximum atomic E-state index is 13.3. The van der Waals surface area contributed by atoms with Crippen molar-refractivity contribution in [3.05, 3.63) is 76.1 Å². The summed E-state index contributed by atoms with van der Waals surface area (Å²) < 4.78 is 11.1. The Labute approximate surface area is 196 Å². The molecule has 2 amide bonds. The smallest absolute Gasteiger partial charge is 0.343 e. The standard InChI is InChI=1S/C25H28N4O5/c1-16(27-28-25(26)32)19(15-29-11-13-33-14-12-29)21(17-7-3-2-4-8-17)22-23(30)18-9-5-6-10-20(18)34-24(22)31/h2-10,19,21,30H,11-15H2,1H3,(H3,26,28,32)/b27-16+. The summed E-state index contributed by atoms with van der Waals surface area (Å²) in [4.78, 5) is 26.8. The van der Waals surface area contributed by atoms with Crippen molar-refractivity contribution in [3.8, 4) is 5.75 Å². The van der Waals surface area contributed by atoms with E-state index in [2.05, 4.69) is 15.4 Å². The number of morpholine rings is 1. The average molecular weight is 465 g/mol. The molecule has 2 heterocycles. The maximum absolute atomic E-state index is 13.3. The van der Waals surface area contributed by atoms with E-state index in [-0.39, 0.29) is 17.2 Å². The van der Waals surface area contributed by atoms with Crippen molar-refractivity contribution in [1.82, 2.24) is 10.3 Å². The van der Waals surface area contributed by atoms with Crippen LogP contribution in [0.15, 0.2) is 68.9 Å². The topological polar surface area (TPSA) is 130 Å². The van der Waals surface area contributed by atoms with E-state index in [1.54, 1.807) is 31.2 Å². The fourth-order valence-corrected chi connectivity index (χ4v) is 4.45. The number of carbonyl (C=O) groups is 1. The molecule has 9 nitrogen and oxygen atoms in total. The van der Waals surface area contributed by atoms with Crippen LogP contribution in [0.4, 0.5) is 4.79 Å². The van der Waals surface area contributed by atoms with Crippen LogP contribution in [-0.4, -0.2) is 54.6 Å². The van der Waals surface area contributed by atoms with E-state index in [0.29, 0.717) is 49.5 Å². The van der Waals surface area contributed by atoms with Crippen LogP contribution in [0.25, 0.3) is 11.0 Å². The molecule has 34 heavy (non-hydrogen) atoms. The van der Waals surface area contributed by atoms with Crippen LogP contribution in [0.5, 0.6) is 5.75 Å². The number of carbonyl (C=O) groups excluding carboxylic acids is 1. The normalized spacial score (nSPS) is 16.8. The van der Waals surface area contributed by atoms with E-state index in [0.717, 1.165) is 5.56 Å². The number of ether oxygens (including phenoxy) is 1. The Morgan fingerprint density at radius 3 is 2.53 bits per heavy atom. The van der Waals surface area contributed by atoms with Crippen LogP contribution in [0.3, 0.4) is 0 Å². The molecule has 1 fully saturated rings. The molecule has 0 aliphatic carbocycles. The summed E-state index contributed by atoms with van der Waals surface area (Å²) in [6.45, 7) is 4.92. The number of aromatic hydroxyl groups is 1.